The van der Waals surface area contributed by atoms with Crippen LogP contribution in [0.4, 0.5) is 0 Å². The van der Waals surface area contributed by atoms with Gasteiger partial charge in [-0.25, -0.2) is 4.99 Å². The molecule has 0 saturated carbocycles. The minimum absolute atomic E-state index is 0.0694. The van der Waals surface area contributed by atoms with Gasteiger partial charge in [0.1, 0.15) is 11.8 Å². The topological polar surface area (TPSA) is 41.8 Å². The molecule has 16 heavy (non-hydrogen) atoms. The summed E-state index contributed by atoms with van der Waals surface area (Å²) in [5.74, 6) is 0.449. The van der Waals surface area contributed by atoms with Crippen molar-refractivity contribution in [3.05, 3.63) is 10.5 Å². The molecule has 0 aromatic rings. The molecule has 2 heterocycles. The van der Waals surface area contributed by atoms with E-state index >= 15 is 0 Å². The predicted octanol–water partition coefficient (Wildman–Crippen LogP) is 2.75. The number of carbonyl (C=O) groups is 1. The molecule has 84 valence electrons. The van der Waals surface area contributed by atoms with Crippen molar-refractivity contribution >= 4 is 40.1 Å². The number of carbonyl (C=O) groups excluding carboxylic acids is 1. The van der Waals surface area contributed by atoms with Crippen LogP contribution in [-0.4, -0.2) is 22.7 Å². The Morgan fingerprint density at radius 2 is 2.12 bits per heavy atom. The molecule has 1 amide bonds. The van der Waals surface area contributed by atoms with Gasteiger partial charge in [-0.15, -0.1) is 11.6 Å². The molecular formula is C11H11ClN2OS. The molecule has 0 radical (unpaired) electrons. The molecule has 0 fully saturated rings. The first-order valence-electron chi connectivity index (χ1n) is 5.45. The van der Waals surface area contributed by atoms with Crippen LogP contribution in [0.15, 0.2) is 20.5 Å². The van der Waals surface area contributed by atoms with E-state index in [9.17, 15) is 4.79 Å². The number of hydrogen-bond acceptors (Lipinski definition) is 3. The number of allylic oxidation sites excluding steroid dienone is 1. The van der Waals surface area contributed by atoms with E-state index in [2.05, 4.69) is 9.98 Å². The van der Waals surface area contributed by atoms with Crippen LogP contribution in [0.25, 0.3) is 0 Å². The monoisotopic (exact) mass is 254 g/mol. The summed E-state index contributed by atoms with van der Waals surface area (Å²) in [6, 6.07) is 0. The number of hydrogen-bond donors (Lipinski definition) is 0. The maximum absolute atomic E-state index is 11.9. The highest BCUT2D eigenvalue weighted by atomic mass is 35.5. The van der Waals surface area contributed by atoms with E-state index in [4.69, 9.17) is 11.6 Å². The van der Waals surface area contributed by atoms with Crippen molar-refractivity contribution in [2.24, 2.45) is 15.9 Å². The van der Waals surface area contributed by atoms with Gasteiger partial charge in [0.15, 0.2) is 0 Å². The molecule has 3 aliphatic rings. The van der Waals surface area contributed by atoms with Crippen molar-refractivity contribution in [2.75, 3.05) is 5.88 Å². The predicted molar refractivity (Wildman–Crippen MR) is 67.2 cm³/mol. The molecule has 0 N–H and O–H groups in total. The highest BCUT2D eigenvalue weighted by Gasteiger charge is 2.40. The van der Waals surface area contributed by atoms with E-state index in [0.717, 1.165) is 17.9 Å². The van der Waals surface area contributed by atoms with Crippen molar-refractivity contribution in [1.29, 1.82) is 0 Å². The summed E-state index contributed by atoms with van der Waals surface area (Å²) in [7, 11) is 0. The molecule has 0 saturated heterocycles. The summed E-state index contributed by atoms with van der Waals surface area (Å²) >= 11 is 7.35. The Hall–Kier alpha value is -0.610. The van der Waals surface area contributed by atoms with Gasteiger partial charge in [0.05, 0.1) is 10.9 Å². The Morgan fingerprint density at radius 1 is 1.31 bits per heavy atom. The van der Waals surface area contributed by atoms with Crippen LogP contribution in [0, 0.1) is 5.92 Å². The van der Waals surface area contributed by atoms with Crippen LogP contribution in [0.3, 0.4) is 0 Å². The average molecular weight is 255 g/mol. The van der Waals surface area contributed by atoms with Crippen molar-refractivity contribution in [3.8, 4) is 0 Å². The third-order valence-electron chi connectivity index (χ3n) is 3.13. The van der Waals surface area contributed by atoms with Gasteiger partial charge in [0.2, 0.25) is 0 Å². The lowest BCUT2D eigenvalue weighted by Crippen LogP contribution is -2.26. The van der Waals surface area contributed by atoms with Crippen LogP contribution < -0.4 is 0 Å². The second-order valence-corrected chi connectivity index (χ2v) is 5.52. The number of rotatable bonds is 1. The summed E-state index contributed by atoms with van der Waals surface area (Å²) < 4.78 is 0. The van der Waals surface area contributed by atoms with E-state index in [1.807, 2.05) is 0 Å². The van der Waals surface area contributed by atoms with Gasteiger partial charge in [-0.2, -0.15) is 4.99 Å². The fourth-order valence-corrected chi connectivity index (χ4v) is 3.88. The molecule has 0 aromatic carbocycles. The summed E-state index contributed by atoms with van der Waals surface area (Å²) in [5.41, 5.74) is 1.28. The standard InChI is InChI=1S/C11H11ClN2OS/c12-5-8-13-10(15)9-6-3-1-2-4-7(6)16-11(9)14-8/h9H,1-5H2. The van der Waals surface area contributed by atoms with Gasteiger partial charge in [-0.3, -0.25) is 4.79 Å². The fourth-order valence-electron chi connectivity index (χ4n) is 2.40. The summed E-state index contributed by atoms with van der Waals surface area (Å²) in [6.45, 7) is 0. The number of aliphatic imine (C=N–C) groups is 2. The first-order valence-corrected chi connectivity index (χ1v) is 6.80. The van der Waals surface area contributed by atoms with Crippen LogP contribution in [-0.2, 0) is 4.79 Å². The molecule has 0 spiro atoms. The van der Waals surface area contributed by atoms with Gasteiger partial charge >= 0.3 is 0 Å². The lowest BCUT2D eigenvalue weighted by molar-refractivity contribution is -0.118. The quantitative estimate of drug-likeness (QED) is 0.675. The largest absolute Gasteiger partial charge is 0.271 e. The van der Waals surface area contributed by atoms with Crippen LogP contribution in [0.5, 0.6) is 0 Å². The average Bonchev–Trinajstić information content (AvgIpc) is 2.67. The maximum atomic E-state index is 11.9. The van der Waals surface area contributed by atoms with Crippen LogP contribution >= 0.6 is 23.4 Å². The molecule has 5 heteroatoms. The highest BCUT2D eigenvalue weighted by molar-refractivity contribution is 8.17. The highest BCUT2D eigenvalue weighted by Crippen LogP contribution is 2.47. The lowest BCUT2D eigenvalue weighted by Gasteiger charge is -2.17. The zero-order chi connectivity index (χ0) is 11.1. The van der Waals surface area contributed by atoms with E-state index in [0.29, 0.717) is 5.84 Å². The minimum Gasteiger partial charge on any atom is -0.271 e. The molecule has 1 unspecified atom stereocenters. The van der Waals surface area contributed by atoms with Gasteiger partial charge in [0.25, 0.3) is 5.91 Å². The normalized spacial score (nSPS) is 28.6. The minimum atomic E-state index is -0.160. The molecule has 0 aromatic heterocycles. The van der Waals surface area contributed by atoms with Crippen molar-refractivity contribution in [1.82, 2.24) is 0 Å². The number of halogens is 1. The Kier molecular flexibility index (Phi) is 2.64. The third-order valence-corrected chi connectivity index (χ3v) is 4.61. The third kappa shape index (κ3) is 1.55. The number of amidine groups is 1. The fraction of sp³-hybridized carbons (Fsp3) is 0.545. The Balaban J connectivity index is 1.98. The molecule has 0 bridgehead atoms. The molecule has 3 nitrogen and oxygen atoms in total. The number of thioether (sulfide) groups is 1. The number of nitrogens with zero attached hydrogens (tertiary/aromatic N) is 2. The van der Waals surface area contributed by atoms with Crippen molar-refractivity contribution < 1.29 is 4.79 Å². The van der Waals surface area contributed by atoms with Crippen LogP contribution in [0.2, 0.25) is 0 Å². The van der Waals surface area contributed by atoms with Crippen LogP contribution in [0.1, 0.15) is 25.7 Å². The van der Waals surface area contributed by atoms with E-state index in [1.54, 1.807) is 11.8 Å². The Bertz CT molecular complexity index is 453. The maximum Gasteiger partial charge on any atom is 0.261 e. The first-order chi connectivity index (χ1) is 7.79. The SMILES string of the molecule is O=C1N=C(CCl)N=C2SC3=C(CCCC3)C12. The number of alkyl halides is 1. The Morgan fingerprint density at radius 3 is 2.94 bits per heavy atom. The molecular weight excluding hydrogens is 244 g/mol. The summed E-state index contributed by atoms with van der Waals surface area (Å²) in [4.78, 5) is 21.6. The number of fused-ring (bicyclic) bond motifs is 2. The van der Waals surface area contributed by atoms with E-state index < -0.39 is 0 Å². The molecule has 2 aliphatic heterocycles. The van der Waals surface area contributed by atoms with Gasteiger partial charge < -0.3 is 0 Å². The Labute approximate surface area is 103 Å². The zero-order valence-corrected chi connectivity index (χ0v) is 10.3. The summed E-state index contributed by atoms with van der Waals surface area (Å²) in [5, 5.41) is 0.905. The lowest BCUT2D eigenvalue weighted by atomic mass is 9.89. The summed E-state index contributed by atoms with van der Waals surface area (Å²) in [6.07, 6.45) is 4.54. The molecule has 1 atom stereocenters. The second-order valence-electron chi connectivity index (χ2n) is 4.14. The zero-order valence-electron chi connectivity index (χ0n) is 8.70. The van der Waals surface area contributed by atoms with Gasteiger partial charge in [-0.05, 0) is 36.2 Å². The molecule has 1 aliphatic carbocycles. The van der Waals surface area contributed by atoms with Crippen molar-refractivity contribution in [3.63, 3.8) is 0 Å². The second kappa shape index (κ2) is 4.00. The van der Waals surface area contributed by atoms with Gasteiger partial charge in [-0.1, -0.05) is 11.8 Å². The smallest absolute Gasteiger partial charge is 0.261 e. The van der Waals surface area contributed by atoms with E-state index in [1.165, 1.54) is 23.3 Å². The van der Waals surface area contributed by atoms with E-state index in [-0.39, 0.29) is 17.7 Å². The van der Waals surface area contributed by atoms with Crippen molar-refractivity contribution in [2.45, 2.75) is 25.7 Å². The van der Waals surface area contributed by atoms with Gasteiger partial charge in [0, 0.05) is 0 Å². The first kappa shape index (κ1) is 10.5. The number of amides is 1. The molecule has 3 rings (SSSR count).